The number of ether oxygens (including phenoxy) is 1. The van der Waals surface area contributed by atoms with Crippen molar-refractivity contribution in [1.29, 1.82) is 0 Å². The minimum atomic E-state index is -0.389. The molecule has 1 rings (SSSR count). The average Bonchev–Trinajstić information content (AvgIpc) is 2.41. The van der Waals surface area contributed by atoms with Crippen LogP contribution >= 0.6 is 27.5 Å². The predicted molar refractivity (Wildman–Crippen MR) is 81.2 cm³/mol. The lowest BCUT2D eigenvalue weighted by atomic mass is 9.98. The fraction of sp³-hybridized carbons (Fsp3) is 0.571. The molecule has 0 heterocycles. The summed E-state index contributed by atoms with van der Waals surface area (Å²) >= 11 is 9.19. The summed E-state index contributed by atoms with van der Waals surface area (Å²) in [6.45, 7) is 7.30. The Balaban J connectivity index is 3.14. The lowest BCUT2D eigenvalue weighted by Crippen LogP contribution is -2.34. The van der Waals surface area contributed by atoms with Crippen LogP contribution in [-0.4, -0.2) is 19.3 Å². The second-order valence-corrected chi connectivity index (χ2v) is 5.43. The van der Waals surface area contributed by atoms with E-state index in [1.807, 2.05) is 20.8 Å². The van der Waals surface area contributed by atoms with E-state index in [2.05, 4.69) is 21.2 Å². The van der Waals surface area contributed by atoms with Crippen LogP contribution in [0.5, 0.6) is 0 Å². The van der Waals surface area contributed by atoms with Gasteiger partial charge in [-0.05, 0) is 41.9 Å². The highest BCUT2D eigenvalue weighted by atomic mass is 79.9. The quantitative estimate of drug-likeness (QED) is 0.718. The molecule has 0 saturated heterocycles. The second kappa shape index (κ2) is 8.20. The van der Waals surface area contributed by atoms with Crippen molar-refractivity contribution >= 4 is 27.5 Å². The summed E-state index contributed by atoms with van der Waals surface area (Å²) in [4.78, 5) is 0. The number of likely N-dealkylation sites (N-methyl/N-ethyl adjacent to an activating group) is 1. The summed E-state index contributed by atoms with van der Waals surface area (Å²) in [5.74, 6) is -0.389. The van der Waals surface area contributed by atoms with E-state index in [-0.39, 0.29) is 23.0 Å². The van der Waals surface area contributed by atoms with E-state index in [4.69, 9.17) is 16.3 Å². The number of halogens is 3. The van der Waals surface area contributed by atoms with E-state index in [1.165, 1.54) is 0 Å². The van der Waals surface area contributed by atoms with Gasteiger partial charge in [-0.1, -0.05) is 31.5 Å². The molecule has 0 saturated carbocycles. The summed E-state index contributed by atoms with van der Waals surface area (Å²) in [6, 6.07) is 3.32. The molecule has 2 nitrogen and oxygen atoms in total. The highest BCUT2D eigenvalue weighted by Crippen LogP contribution is 2.32. The number of nitrogens with one attached hydrogen (secondary N) is 1. The van der Waals surface area contributed by atoms with Gasteiger partial charge in [0.25, 0.3) is 0 Å². The molecule has 0 bridgehead atoms. The maximum atomic E-state index is 14.3. The first-order valence-electron chi connectivity index (χ1n) is 6.55. The Morgan fingerprint density at radius 1 is 1.37 bits per heavy atom. The molecule has 0 radical (unpaired) electrons. The van der Waals surface area contributed by atoms with Gasteiger partial charge >= 0.3 is 0 Å². The maximum Gasteiger partial charge on any atom is 0.147 e. The van der Waals surface area contributed by atoms with Gasteiger partial charge in [0.05, 0.1) is 17.2 Å². The summed E-state index contributed by atoms with van der Waals surface area (Å²) in [5.41, 5.74) is 0.551. The van der Waals surface area contributed by atoms with E-state index in [0.717, 1.165) is 13.0 Å². The summed E-state index contributed by atoms with van der Waals surface area (Å²) in [7, 11) is 0. The third-order valence-electron chi connectivity index (χ3n) is 2.98. The van der Waals surface area contributed by atoms with Crippen LogP contribution in [0.3, 0.4) is 0 Å². The molecule has 0 amide bonds. The van der Waals surface area contributed by atoms with E-state index < -0.39 is 0 Å². The van der Waals surface area contributed by atoms with E-state index in [1.54, 1.807) is 12.1 Å². The molecule has 2 atom stereocenters. The van der Waals surface area contributed by atoms with Gasteiger partial charge in [-0.3, -0.25) is 0 Å². The van der Waals surface area contributed by atoms with Crippen molar-refractivity contribution in [3.8, 4) is 0 Å². The van der Waals surface area contributed by atoms with Crippen molar-refractivity contribution in [2.75, 3.05) is 13.2 Å². The zero-order chi connectivity index (χ0) is 14.4. The van der Waals surface area contributed by atoms with Crippen molar-refractivity contribution in [1.82, 2.24) is 5.32 Å². The van der Waals surface area contributed by atoms with Crippen LogP contribution < -0.4 is 5.32 Å². The molecular formula is C14H20BrClFNO. The molecular weight excluding hydrogens is 333 g/mol. The minimum Gasteiger partial charge on any atom is -0.377 e. The Hall–Kier alpha value is -0.160. The fourth-order valence-electron chi connectivity index (χ4n) is 2.11. The molecule has 108 valence electrons. The van der Waals surface area contributed by atoms with Crippen molar-refractivity contribution < 1.29 is 9.13 Å². The smallest absolute Gasteiger partial charge is 0.147 e. The van der Waals surface area contributed by atoms with E-state index in [0.29, 0.717) is 16.6 Å². The number of hydrogen-bond acceptors (Lipinski definition) is 2. The first-order valence-corrected chi connectivity index (χ1v) is 7.72. The van der Waals surface area contributed by atoms with Gasteiger partial charge in [-0.2, -0.15) is 0 Å². The van der Waals surface area contributed by atoms with Crippen molar-refractivity contribution in [2.24, 2.45) is 0 Å². The second-order valence-electron chi connectivity index (χ2n) is 4.20. The molecule has 0 aliphatic carbocycles. The van der Waals surface area contributed by atoms with Gasteiger partial charge in [-0.15, -0.1) is 0 Å². The Morgan fingerprint density at radius 2 is 2.05 bits per heavy atom. The van der Waals surface area contributed by atoms with Gasteiger partial charge in [0, 0.05) is 16.6 Å². The molecule has 1 aromatic rings. The van der Waals surface area contributed by atoms with E-state index >= 15 is 0 Å². The topological polar surface area (TPSA) is 21.3 Å². The fourth-order valence-corrected chi connectivity index (χ4v) is 2.58. The van der Waals surface area contributed by atoms with Gasteiger partial charge in [0.2, 0.25) is 0 Å². The van der Waals surface area contributed by atoms with Crippen LogP contribution in [0.15, 0.2) is 16.6 Å². The molecule has 1 aromatic carbocycles. The molecule has 0 fully saturated rings. The van der Waals surface area contributed by atoms with Crippen LogP contribution in [0, 0.1) is 5.82 Å². The van der Waals surface area contributed by atoms with Gasteiger partial charge in [-0.25, -0.2) is 4.39 Å². The van der Waals surface area contributed by atoms with Crippen LogP contribution in [-0.2, 0) is 4.74 Å². The Kier molecular flexibility index (Phi) is 7.29. The molecule has 5 heteroatoms. The van der Waals surface area contributed by atoms with Crippen LogP contribution in [0.4, 0.5) is 4.39 Å². The standard InChI is InChI=1S/C14H20BrClFNO/c1-4-11(19-6-3)14(18-5-2)9-7-8-10(15)12(16)13(9)17/h7-8,11,14,18H,4-6H2,1-3H3. The Morgan fingerprint density at radius 3 is 2.58 bits per heavy atom. The first kappa shape index (κ1) is 16.9. The molecule has 0 aliphatic heterocycles. The van der Waals surface area contributed by atoms with Crippen LogP contribution in [0.2, 0.25) is 5.02 Å². The average molecular weight is 353 g/mol. The number of hydrogen-bond donors (Lipinski definition) is 1. The molecule has 19 heavy (non-hydrogen) atoms. The summed E-state index contributed by atoms with van der Waals surface area (Å²) < 4.78 is 20.6. The zero-order valence-electron chi connectivity index (χ0n) is 11.5. The van der Waals surface area contributed by atoms with Crippen molar-refractivity contribution in [3.05, 3.63) is 33.0 Å². The molecule has 0 aliphatic rings. The third kappa shape index (κ3) is 4.15. The lowest BCUT2D eigenvalue weighted by molar-refractivity contribution is 0.0309. The Bertz CT molecular complexity index is 417. The summed E-state index contributed by atoms with van der Waals surface area (Å²) in [5, 5.41) is 3.40. The monoisotopic (exact) mass is 351 g/mol. The molecule has 0 spiro atoms. The van der Waals surface area contributed by atoms with Crippen LogP contribution in [0.1, 0.15) is 38.8 Å². The van der Waals surface area contributed by atoms with Gasteiger partial charge in [0.1, 0.15) is 5.82 Å². The van der Waals surface area contributed by atoms with E-state index in [9.17, 15) is 4.39 Å². The molecule has 2 unspecified atom stereocenters. The van der Waals surface area contributed by atoms with Crippen molar-refractivity contribution in [3.63, 3.8) is 0 Å². The van der Waals surface area contributed by atoms with Crippen LogP contribution in [0.25, 0.3) is 0 Å². The predicted octanol–water partition coefficient (Wildman–Crippen LogP) is 4.71. The lowest BCUT2D eigenvalue weighted by Gasteiger charge is -2.28. The highest BCUT2D eigenvalue weighted by molar-refractivity contribution is 9.10. The number of benzene rings is 1. The third-order valence-corrected chi connectivity index (χ3v) is 4.24. The number of rotatable bonds is 7. The normalized spacial score (nSPS) is 14.4. The van der Waals surface area contributed by atoms with Gasteiger partial charge < -0.3 is 10.1 Å². The SMILES string of the molecule is CCNC(c1ccc(Br)c(Cl)c1F)C(CC)OCC. The van der Waals surface area contributed by atoms with Crippen molar-refractivity contribution in [2.45, 2.75) is 39.3 Å². The highest BCUT2D eigenvalue weighted by Gasteiger charge is 2.25. The minimum absolute atomic E-state index is 0.0725. The summed E-state index contributed by atoms with van der Waals surface area (Å²) in [6.07, 6.45) is 0.732. The molecule has 1 N–H and O–H groups in total. The van der Waals surface area contributed by atoms with Gasteiger partial charge in [0.15, 0.2) is 0 Å². The largest absolute Gasteiger partial charge is 0.377 e. The first-order chi connectivity index (χ1) is 9.06. The molecule has 0 aromatic heterocycles. The maximum absolute atomic E-state index is 14.3. The Labute approximate surface area is 127 Å². The zero-order valence-corrected chi connectivity index (χ0v) is 13.8.